The third kappa shape index (κ3) is 6.23. The summed E-state index contributed by atoms with van der Waals surface area (Å²) in [5, 5.41) is 3.47. The van der Waals surface area contributed by atoms with Gasteiger partial charge in [0.2, 0.25) is 0 Å². The topological polar surface area (TPSA) is 55.4 Å². The van der Waals surface area contributed by atoms with Crippen LogP contribution in [0.25, 0.3) is 0 Å². The zero-order valence-electron chi connectivity index (χ0n) is 12.6. The highest BCUT2D eigenvalue weighted by atomic mass is 32.2. The fraction of sp³-hybridized carbons (Fsp3) is 1.00. The maximum Gasteiger partial charge on any atom is 0.150 e. The molecule has 4 nitrogen and oxygen atoms in total. The van der Waals surface area contributed by atoms with Crippen molar-refractivity contribution in [3.8, 4) is 0 Å². The second-order valence-corrected chi connectivity index (χ2v) is 8.64. The van der Waals surface area contributed by atoms with Crippen molar-refractivity contribution in [3.05, 3.63) is 0 Å². The molecule has 0 aromatic carbocycles. The van der Waals surface area contributed by atoms with Gasteiger partial charge in [-0.1, -0.05) is 20.8 Å². The van der Waals surface area contributed by atoms with Gasteiger partial charge in [-0.25, -0.2) is 8.42 Å². The molecular weight excluding hydrogens is 262 g/mol. The van der Waals surface area contributed by atoms with Crippen LogP contribution in [-0.2, 0) is 14.6 Å². The largest absolute Gasteiger partial charge is 0.381 e. The van der Waals surface area contributed by atoms with Crippen LogP contribution >= 0.6 is 0 Å². The lowest BCUT2D eigenvalue weighted by molar-refractivity contribution is -0.00917. The summed E-state index contributed by atoms with van der Waals surface area (Å²) in [6.45, 7) is 9.42. The molecule has 0 spiro atoms. The summed E-state index contributed by atoms with van der Waals surface area (Å²) in [5.74, 6) is 1.14. The van der Waals surface area contributed by atoms with E-state index < -0.39 is 9.84 Å². The van der Waals surface area contributed by atoms with E-state index in [1.54, 1.807) is 6.92 Å². The fourth-order valence-electron chi connectivity index (χ4n) is 2.48. The SMILES string of the molecule is CCS(=O)(=O)CCC1(CNCC(C)C)CCCOC1. The van der Waals surface area contributed by atoms with Gasteiger partial charge in [-0.3, -0.25) is 0 Å². The first-order valence-corrected chi connectivity index (χ1v) is 9.20. The summed E-state index contributed by atoms with van der Waals surface area (Å²) >= 11 is 0. The van der Waals surface area contributed by atoms with Gasteiger partial charge >= 0.3 is 0 Å². The van der Waals surface area contributed by atoms with Crippen LogP contribution in [0.15, 0.2) is 0 Å². The number of ether oxygens (including phenoxy) is 1. The molecule has 0 amide bonds. The number of nitrogens with one attached hydrogen (secondary N) is 1. The smallest absolute Gasteiger partial charge is 0.150 e. The lowest BCUT2D eigenvalue weighted by atomic mass is 9.80. The highest BCUT2D eigenvalue weighted by Gasteiger charge is 2.33. The Morgan fingerprint density at radius 1 is 1.37 bits per heavy atom. The molecule has 1 heterocycles. The standard InChI is InChI=1S/C14H29NO3S/c1-4-19(16,17)9-7-14(6-5-8-18-12-14)11-15-10-13(2)3/h13,15H,4-12H2,1-3H3. The molecule has 114 valence electrons. The Morgan fingerprint density at radius 2 is 2.11 bits per heavy atom. The highest BCUT2D eigenvalue weighted by molar-refractivity contribution is 7.91. The molecule has 5 heteroatoms. The minimum atomic E-state index is -2.88. The molecule has 1 fully saturated rings. The average Bonchev–Trinajstić information content (AvgIpc) is 2.38. The minimum absolute atomic E-state index is 0.00931. The second kappa shape index (κ2) is 7.60. The van der Waals surface area contributed by atoms with Crippen molar-refractivity contribution >= 4 is 9.84 Å². The predicted octanol–water partition coefficient (Wildman–Crippen LogP) is 1.85. The summed E-state index contributed by atoms with van der Waals surface area (Å²) in [6.07, 6.45) is 2.82. The zero-order chi connectivity index (χ0) is 14.4. The van der Waals surface area contributed by atoms with Crippen LogP contribution in [0.1, 0.15) is 40.0 Å². The Labute approximate surface area is 118 Å². The molecule has 1 aliphatic rings. The van der Waals surface area contributed by atoms with Gasteiger partial charge in [0, 0.05) is 24.3 Å². The van der Waals surface area contributed by atoms with Gasteiger partial charge in [-0.15, -0.1) is 0 Å². The van der Waals surface area contributed by atoms with E-state index >= 15 is 0 Å². The molecule has 0 saturated carbocycles. The first kappa shape index (κ1) is 16.9. The Hall–Kier alpha value is -0.130. The predicted molar refractivity (Wildman–Crippen MR) is 79.1 cm³/mol. The van der Waals surface area contributed by atoms with Gasteiger partial charge in [0.1, 0.15) is 9.84 Å². The lowest BCUT2D eigenvalue weighted by Crippen LogP contribution is -2.43. The van der Waals surface area contributed by atoms with Crippen LogP contribution < -0.4 is 5.32 Å². The Bertz CT molecular complexity index is 346. The average molecular weight is 291 g/mol. The van der Waals surface area contributed by atoms with Crippen molar-refractivity contribution in [2.75, 3.05) is 37.8 Å². The Kier molecular flexibility index (Phi) is 6.77. The van der Waals surface area contributed by atoms with Crippen molar-refractivity contribution < 1.29 is 13.2 Å². The summed E-state index contributed by atoms with van der Waals surface area (Å²) in [6, 6.07) is 0. The molecule has 0 aromatic heterocycles. The number of rotatable bonds is 8. The third-order valence-corrected chi connectivity index (χ3v) is 5.55. The van der Waals surface area contributed by atoms with Gasteiger partial charge in [-0.05, 0) is 31.7 Å². The minimum Gasteiger partial charge on any atom is -0.381 e. The summed E-state index contributed by atoms with van der Waals surface area (Å²) < 4.78 is 29.0. The van der Waals surface area contributed by atoms with Gasteiger partial charge in [0.15, 0.2) is 0 Å². The van der Waals surface area contributed by atoms with Gasteiger partial charge in [-0.2, -0.15) is 0 Å². The summed E-state index contributed by atoms with van der Waals surface area (Å²) in [5.41, 5.74) is 0.00931. The van der Waals surface area contributed by atoms with Gasteiger partial charge in [0.05, 0.1) is 12.4 Å². The van der Waals surface area contributed by atoms with Crippen molar-refractivity contribution in [3.63, 3.8) is 0 Å². The molecule has 1 saturated heterocycles. The van der Waals surface area contributed by atoms with E-state index in [1.165, 1.54) is 0 Å². The van der Waals surface area contributed by atoms with Crippen LogP contribution in [0.5, 0.6) is 0 Å². The Morgan fingerprint density at radius 3 is 2.63 bits per heavy atom. The van der Waals surface area contributed by atoms with Crippen molar-refractivity contribution in [2.24, 2.45) is 11.3 Å². The first-order chi connectivity index (χ1) is 8.89. The summed E-state index contributed by atoms with van der Waals surface area (Å²) in [4.78, 5) is 0. The molecule has 1 unspecified atom stereocenters. The van der Waals surface area contributed by atoms with Gasteiger partial charge < -0.3 is 10.1 Å². The molecule has 0 aliphatic carbocycles. The maximum atomic E-state index is 11.7. The fourth-order valence-corrected chi connectivity index (χ4v) is 3.51. The van der Waals surface area contributed by atoms with E-state index in [-0.39, 0.29) is 16.9 Å². The molecule has 0 radical (unpaired) electrons. The molecule has 0 bridgehead atoms. The van der Waals surface area contributed by atoms with E-state index in [2.05, 4.69) is 19.2 Å². The number of sulfone groups is 1. The van der Waals surface area contributed by atoms with Crippen molar-refractivity contribution in [1.82, 2.24) is 5.32 Å². The normalized spacial score (nSPS) is 24.8. The van der Waals surface area contributed by atoms with E-state index in [1.807, 2.05) is 0 Å². The second-order valence-electron chi connectivity index (χ2n) is 6.17. The van der Waals surface area contributed by atoms with E-state index in [4.69, 9.17) is 4.74 Å². The molecule has 0 aromatic rings. The Balaban J connectivity index is 2.54. The van der Waals surface area contributed by atoms with Crippen LogP contribution in [-0.4, -0.2) is 46.2 Å². The monoisotopic (exact) mass is 291 g/mol. The maximum absolute atomic E-state index is 11.7. The highest BCUT2D eigenvalue weighted by Crippen LogP contribution is 2.32. The number of hydrogen-bond acceptors (Lipinski definition) is 4. The van der Waals surface area contributed by atoms with Crippen LogP contribution in [0, 0.1) is 11.3 Å². The quantitative estimate of drug-likeness (QED) is 0.741. The lowest BCUT2D eigenvalue weighted by Gasteiger charge is -2.37. The van der Waals surface area contributed by atoms with Crippen LogP contribution in [0.4, 0.5) is 0 Å². The van der Waals surface area contributed by atoms with E-state index in [0.717, 1.165) is 32.5 Å². The van der Waals surface area contributed by atoms with Crippen molar-refractivity contribution in [1.29, 1.82) is 0 Å². The van der Waals surface area contributed by atoms with Crippen LogP contribution in [0.3, 0.4) is 0 Å². The molecule has 1 aliphatic heterocycles. The van der Waals surface area contributed by atoms with Crippen LogP contribution in [0.2, 0.25) is 0 Å². The third-order valence-electron chi connectivity index (χ3n) is 3.84. The van der Waals surface area contributed by atoms with E-state index in [9.17, 15) is 8.42 Å². The molecule has 1 rings (SSSR count). The van der Waals surface area contributed by atoms with Gasteiger partial charge in [0.25, 0.3) is 0 Å². The van der Waals surface area contributed by atoms with E-state index in [0.29, 0.717) is 18.9 Å². The molecule has 1 N–H and O–H groups in total. The first-order valence-electron chi connectivity index (χ1n) is 7.38. The van der Waals surface area contributed by atoms with Crippen molar-refractivity contribution in [2.45, 2.75) is 40.0 Å². The number of hydrogen-bond donors (Lipinski definition) is 1. The molecule has 19 heavy (non-hydrogen) atoms. The summed E-state index contributed by atoms with van der Waals surface area (Å²) in [7, 11) is -2.88. The molecule has 1 atom stereocenters. The zero-order valence-corrected chi connectivity index (χ0v) is 13.4. The molecular formula is C14H29NO3S.